The first-order valence-electron chi connectivity index (χ1n) is 5.56. The van der Waals surface area contributed by atoms with E-state index in [1.807, 2.05) is 0 Å². The summed E-state index contributed by atoms with van der Waals surface area (Å²) in [5.41, 5.74) is 2.53. The van der Waals surface area contributed by atoms with Crippen molar-refractivity contribution in [2.45, 2.75) is 6.10 Å². The predicted octanol–water partition coefficient (Wildman–Crippen LogP) is -1.09. The minimum atomic E-state index is -0.325. The smallest absolute Gasteiger partial charge is 0.271 e. The van der Waals surface area contributed by atoms with E-state index in [0.29, 0.717) is 32.2 Å². The number of nitrogen functional groups attached to an aromatic ring is 1. The molecule has 8 nitrogen and oxygen atoms in total. The molecule has 1 amide bonds. The molecule has 1 fully saturated rings. The van der Waals surface area contributed by atoms with E-state index in [1.54, 1.807) is 0 Å². The van der Waals surface area contributed by atoms with Crippen LogP contribution in [0.25, 0.3) is 0 Å². The fourth-order valence-electron chi connectivity index (χ4n) is 1.50. The lowest BCUT2D eigenvalue weighted by molar-refractivity contribution is -0.0855. The number of carbonyl (C=O) groups is 1. The van der Waals surface area contributed by atoms with Gasteiger partial charge < -0.3 is 20.2 Å². The maximum absolute atomic E-state index is 11.8. The van der Waals surface area contributed by atoms with Crippen LogP contribution in [-0.4, -0.2) is 48.3 Å². The van der Waals surface area contributed by atoms with Crippen LogP contribution < -0.4 is 16.6 Å². The van der Waals surface area contributed by atoms with Gasteiger partial charge in [-0.05, 0) is 0 Å². The van der Waals surface area contributed by atoms with E-state index in [1.165, 1.54) is 12.4 Å². The van der Waals surface area contributed by atoms with Crippen molar-refractivity contribution in [2.24, 2.45) is 5.84 Å². The quantitative estimate of drug-likeness (QED) is 0.461. The normalized spacial score (nSPS) is 19.3. The number of anilines is 1. The summed E-state index contributed by atoms with van der Waals surface area (Å²) in [7, 11) is 0. The Morgan fingerprint density at radius 1 is 1.50 bits per heavy atom. The van der Waals surface area contributed by atoms with Crippen LogP contribution in [0.4, 0.5) is 5.82 Å². The molecule has 2 rings (SSSR count). The van der Waals surface area contributed by atoms with E-state index >= 15 is 0 Å². The summed E-state index contributed by atoms with van der Waals surface area (Å²) in [6, 6.07) is 0. The maximum atomic E-state index is 11.8. The standard InChI is InChI=1S/C10H15N5O3/c11-15-9-5-12-4-8(14-9)10(16)13-3-7-6-17-1-2-18-7/h4-5,7H,1-3,6,11H2,(H,13,16)(H,14,15). The van der Waals surface area contributed by atoms with Gasteiger partial charge in [-0.15, -0.1) is 0 Å². The minimum absolute atomic E-state index is 0.119. The molecule has 0 radical (unpaired) electrons. The molecule has 1 aliphatic rings. The number of hydrazine groups is 1. The average Bonchev–Trinajstić information content (AvgIpc) is 2.46. The van der Waals surface area contributed by atoms with Gasteiger partial charge in [0.15, 0.2) is 5.82 Å². The Morgan fingerprint density at radius 3 is 3.11 bits per heavy atom. The zero-order chi connectivity index (χ0) is 12.8. The van der Waals surface area contributed by atoms with Gasteiger partial charge in [0.1, 0.15) is 5.69 Å². The molecule has 2 heterocycles. The van der Waals surface area contributed by atoms with E-state index < -0.39 is 0 Å². The highest BCUT2D eigenvalue weighted by molar-refractivity contribution is 5.92. The van der Waals surface area contributed by atoms with Crippen LogP contribution in [0, 0.1) is 0 Å². The Morgan fingerprint density at radius 2 is 2.39 bits per heavy atom. The zero-order valence-corrected chi connectivity index (χ0v) is 9.76. The molecule has 1 aromatic rings. The van der Waals surface area contributed by atoms with Crippen LogP contribution in [0.1, 0.15) is 10.5 Å². The highest BCUT2D eigenvalue weighted by Gasteiger charge is 2.16. The lowest BCUT2D eigenvalue weighted by atomic mass is 10.3. The molecule has 0 aliphatic carbocycles. The number of carbonyl (C=O) groups excluding carboxylic acids is 1. The fourth-order valence-corrected chi connectivity index (χ4v) is 1.50. The van der Waals surface area contributed by atoms with Crippen molar-refractivity contribution in [3.05, 3.63) is 18.1 Å². The molecule has 1 atom stereocenters. The SMILES string of the molecule is NNc1cncc(C(=O)NCC2COCCO2)n1. The van der Waals surface area contributed by atoms with E-state index in [9.17, 15) is 4.79 Å². The van der Waals surface area contributed by atoms with Crippen molar-refractivity contribution >= 4 is 11.7 Å². The molecule has 18 heavy (non-hydrogen) atoms. The van der Waals surface area contributed by atoms with E-state index in [2.05, 4.69) is 20.7 Å². The average molecular weight is 253 g/mol. The summed E-state index contributed by atoms with van der Waals surface area (Å²) in [5.74, 6) is 5.20. The summed E-state index contributed by atoms with van der Waals surface area (Å²) in [4.78, 5) is 19.6. The van der Waals surface area contributed by atoms with Gasteiger partial charge in [-0.3, -0.25) is 9.78 Å². The van der Waals surface area contributed by atoms with Gasteiger partial charge in [-0.2, -0.15) is 0 Å². The van der Waals surface area contributed by atoms with Crippen LogP contribution >= 0.6 is 0 Å². The molecule has 0 saturated carbocycles. The van der Waals surface area contributed by atoms with Gasteiger partial charge in [0.05, 0.1) is 38.3 Å². The van der Waals surface area contributed by atoms with E-state index in [0.717, 1.165) is 0 Å². The molecule has 0 bridgehead atoms. The van der Waals surface area contributed by atoms with Crippen molar-refractivity contribution in [2.75, 3.05) is 31.8 Å². The molecule has 1 saturated heterocycles. The van der Waals surface area contributed by atoms with Gasteiger partial charge in [0.25, 0.3) is 5.91 Å². The van der Waals surface area contributed by atoms with Crippen LogP contribution in [0.5, 0.6) is 0 Å². The van der Waals surface area contributed by atoms with Crippen molar-refractivity contribution in [3.8, 4) is 0 Å². The molecular formula is C10H15N5O3. The second-order valence-electron chi connectivity index (χ2n) is 3.71. The highest BCUT2D eigenvalue weighted by Crippen LogP contribution is 2.02. The number of nitrogens with two attached hydrogens (primary N) is 1. The third kappa shape index (κ3) is 3.36. The third-order valence-corrected chi connectivity index (χ3v) is 2.39. The van der Waals surface area contributed by atoms with Crippen molar-refractivity contribution in [3.63, 3.8) is 0 Å². The Kier molecular flexibility index (Phi) is 4.40. The van der Waals surface area contributed by atoms with Crippen LogP contribution in [0.3, 0.4) is 0 Å². The lowest BCUT2D eigenvalue weighted by Crippen LogP contribution is -2.40. The first-order valence-corrected chi connectivity index (χ1v) is 5.56. The van der Waals surface area contributed by atoms with E-state index in [-0.39, 0.29) is 17.7 Å². The summed E-state index contributed by atoms with van der Waals surface area (Å²) < 4.78 is 10.6. The first-order chi connectivity index (χ1) is 8.79. The van der Waals surface area contributed by atoms with Gasteiger partial charge >= 0.3 is 0 Å². The van der Waals surface area contributed by atoms with Crippen LogP contribution in [0.15, 0.2) is 12.4 Å². The van der Waals surface area contributed by atoms with Crippen molar-refractivity contribution in [1.82, 2.24) is 15.3 Å². The van der Waals surface area contributed by atoms with Gasteiger partial charge in [-0.1, -0.05) is 0 Å². The molecule has 0 spiro atoms. The maximum Gasteiger partial charge on any atom is 0.271 e. The number of amides is 1. The Bertz CT molecular complexity index is 408. The fraction of sp³-hybridized carbons (Fsp3) is 0.500. The molecule has 0 aromatic carbocycles. The van der Waals surface area contributed by atoms with Crippen LogP contribution in [0.2, 0.25) is 0 Å². The molecule has 8 heteroatoms. The Hall–Kier alpha value is -1.77. The van der Waals surface area contributed by atoms with E-state index in [4.69, 9.17) is 15.3 Å². The number of nitrogens with zero attached hydrogens (tertiary/aromatic N) is 2. The predicted molar refractivity (Wildman–Crippen MR) is 62.7 cm³/mol. The number of hydrogen-bond donors (Lipinski definition) is 3. The third-order valence-electron chi connectivity index (χ3n) is 2.39. The molecular weight excluding hydrogens is 238 g/mol. The highest BCUT2D eigenvalue weighted by atomic mass is 16.6. The summed E-state index contributed by atoms with van der Waals surface area (Å²) in [6.45, 7) is 2.00. The summed E-state index contributed by atoms with van der Waals surface area (Å²) in [5, 5.41) is 2.70. The second kappa shape index (κ2) is 6.24. The van der Waals surface area contributed by atoms with Gasteiger partial charge in [0.2, 0.25) is 0 Å². The minimum Gasteiger partial charge on any atom is -0.376 e. The Balaban J connectivity index is 1.86. The molecule has 1 unspecified atom stereocenters. The topological polar surface area (TPSA) is 111 Å². The monoisotopic (exact) mass is 253 g/mol. The van der Waals surface area contributed by atoms with Gasteiger partial charge in [-0.25, -0.2) is 10.8 Å². The number of hydrogen-bond acceptors (Lipinski definition) is 7. The number of rotatable bonds is 4. The Labute approximate surface area is 104 Å². The first kappa shape index (κ1) is 12.7. The largest absolute Gasteiger partial charge is 0.376 e. The summed E-state index contributed by atoms with van der Waals surface area (Å²) in [6.07, 6.45) is 2.68. The second-order valence-corrected chi connectivity index (χ2v) is 3.71. The lowest BCUT2D eigenvalue weighted by Gasteiger charge is -2.22. The molecule has 4 N–H and O–H groups in total. The van der Waals surface area contributed by atoms with Gasteiger partial charge in [0, 0.05) is 6.54 Å². The number of aromatic nitrogens is 2. The molecule has 1 aliphatic heterocycles. The zero-order valence-electron chi connectivity index (χ0n) is 9.76. The number of nitrogens with one attached hydrogen (secondary N) is 2. The molecule has 98 valence electrons. The summed E-state index contributed by atoms with van der Waals surface area (Å²) >= 11 is 0. The van der Waals surface area contributed by atoms with Crippen molar-refractivity contribution in [1.29, 1.82) is 0 Å². The molecule has 1 aromatic heterocycles. The number of ether oxygens (including phenoxy) is 2. The van der Waals surface area contributed by atoms with Crippen molar-refractivity contribution < 1.29 is 14.3 Å². The van der Waals surface area contributed by atoms with Crippen LogP contribution in [-0.2, 0) is 9.47 Å².